The molecule has 0 aliphatic carbocycles. The van der Waals surface area contributed by atoms with Crippen molar-refractivity contribution in [2.45, 2.75) is 67.8 Å². The highest BCUT2D eigenvalue weighted by Crippen LogP contribution is 2.31. The maximum absolute atomic E-state index is 11.3. The fourth-order valence-corrected chi connectivity index (χ4v) is 5.57. The van der Waals surface area contributed by atoms with Crippen molar-refractivity contribution in [1.82, 2.24) is 0 Å². The predicted octanol–water partition coefficient (Wildman–Crippen LogP) is -4.81. The summed E-state index contributed by atoms with van der Waals surface area (Å²) in [6.45, 7) is -1.85. The van der Waals surface area contributed by atoms with Crippen LogP contribution in [-0.2, 0) is 62.7 Å². The average molecular weight is 700 g/mol. The Labute approximate surface area is 245 Å². The zero-order valence-corrected chi connectivity index (χ0v) is 24.6. The SMILES string of the molecule is NCCSCCCO[C@@H]1O[C@H](COS(=O)(=O)O)[C@H](O)[C@H](O[C@H]2O[C@H](COS(=O)(=O)O)[C@H](O)[C@H](OS(=O)(=O)O)[C@H]2O)[C@H]1O. The maximum atomic E-state index is 11.3. The van der Waals surface area contributed by atoms with Gasteiger partial charge in [0.2, 0.25) is 0 Å². The first-order chi connectivity index (χ1) is 19.3. The van der Waals surface area contributed by atoms with Gasteiger partial charge in [0.25, 0.3) is 0 Å². The van der Waals surface area contributed by atoms with Crippen LogP contribution in [0.2, 0.25) is 0 Å². The largest absolute Gasteiger partial charge is 0.397 e. The molecular formula is C17H33NO20S4. The highest BCUT2D eigenvalue weighted by atomic mass is 32.3. The zero-order chi connectivity index (χ0) is 31.9. The Hall–Kier alpha value is -0.400. The van der Waals surface area contributed by atoms with Gasteiger partial charge in [-0.1, -0.05) is 0 Å². The van der Waals surface area contributed by atoms with Crippen LogP contribution in [0.4, 0.5) is 0 Å². The van der Waals surface area contributed by atoms with Gasteiger partial charge in [0.05, 0.1) is 19.8 Å². The Morgan fingerprint density at radius 1 is 0.690 bits per heavy atom. The molecule has 0 radical (unpaired) electrons. The van der Waals surface area contributed by atoms with Gasteiger partial charge in [-0.2, -0.15) is 37.0 Å². The quantitative estimate of drug-likeness (QED) is 0.0521. The molecule has 2 heterocycles. The van der Waals surface area contributed by atoms with Gasteiger partial charge in [-0.25, -0.2) is 12.5 Å². The number of ether oxygens (including phenoxy) is 4. The number of thioether (sulfide) groups is 1. The summed E-state index contributed by atoms with van der Waals surface area (Å²) in [5.41, 5.74) is 5.41. The van der Waals surface area contributed by atoms with Crippen molar-refractivity contribution in [1.29, 1.82) is 0 Å². The predicted molar refractivity (Wildman–Crippen MR) is 135 cm³/mol. The van der Waals surface area contributed by atoms with E-state index in [1.165, 1.54) is 11.8 Å². The van der Waals surface area contributed by atoms with E-state index in [1.54, 1.807) is 0 Å². The van der Waals surface area contributed by atoms with Crippen molar-refractivity contribution >= 4 is 43.0 Å². The molecule has 0 saturated carbocycles. The first-order valence-corrected chi connectivity index (χ1v) is 17.1. The molecule has 2 saturated heterocycles. The minimum Gasteiger partial charge on any atom is -0.387 e. The van der Waals surface area contributed by atoms with E-state index in [1.807, 2.05) is 0 Å². The van der Waals surface area contributed by atoms with Crippen LogP contribution in [0.25, 0.3) is 0 Å². The molecule has 10 atom stereocenters. The summed E-state index contributed by atoms with van der Waals surface area (Å²) in [7, 11) is -15.5. The van der Waals surface area contributed by atoms with Crippen molar-refractivity contribution in [2.75, 3.05) is 37.9 Å². The van der Waals surface area contributed by atoms with Gasteiger partial charge in [0.15, 0.2) is 12.6 Å². The Morgan fingerprint density at radius 3 is 1.69 bits per heavy atom. The number of hydrogen-bond acceptors (Lipinski definition) is 19. The summed E-state index contributed by atoms with van der Waals surface area (Å²) in [5.74, 6) is 1.25. The van der Waals surface area contributed by atoms with E-state index in [0.717, 1.165) is 0 Å². The standard InChI is InChI=1S/C17H33NO20S4/c18-2-5-39-4-1-3-32-16-12(21)14(10(19)8(35-16)6-33-40(23,24)25)37-17-13(22)15(38-42(29,30)31)11(20)9(36-17)7-34-41(26,27)28/h8-17,19-22H,1-7,18H2,(H,23,24,25)(H,26,27,28)(H,29,30,31)/t8-,9-,10+,11+,12-,13-,14+,15+,16-,17-/m1/s1. The van der Waals surface area contributed by atoms with E-state index < -0.39 is 106 Å². The van der Waals surface area contributed by atoms with Crippen LogP contribution in [0, 0.1) is 0 Å². The van der Waals surface area contributed by atoms with E-state index in [-0.39, 0.29) is 6.61 Å². The van der Waals surface area contributed by atoms with Gasteiger partial charge in [-0.05, 0) is 12.2 Å². The second-order valence-corrected chi connectivity index (χ2v) is 13.1. The average Bonchev–Trinajstić information content (AvgIpc) is 2.85. The van der Waals surface area contributed by atoms with Gasteiger partial charge in [-0.3, -0.25) is 13.7 Å². The fourth-order valence-electron chi connectivity index (χ4n) is 3.75. The summed E-state index contributed by atoms with van der Waals surface area (Å²) in [5, 5.41) is 42.5. The Balaban J connectivity index is 2.29. The lowest BCUT2D eigenvalue weighted by molar-refractivity contribution is -0.357. The van der Waals surface area contributed by atoms with Gasteiger partial charge >= 0.3 is 31.2 Å². The van der Waals surface area contributed by atoms with Crippen LogP contribution in [0.5, 0.6) is 0 Å². The third-order valence-electron chi connectivity index (χ3n) is 5.55. The van der Waals surface area contributed by atoms with Crippen LogP contribution in [0.15, 0.2) is 0 Å². The first-order valence-electron chi connectivity index (χ1n) is 11.8. The highest BCUT2D eigenvalue weighted by Gasteiger charge is 2.53. The van der Waals surface area contributed by atoms with Gasteiger partial charge in [0.1, 0.15) is 48.8 Å². The Morgan fingerprint density at radius 2 is 1.19 bits per heavy atom. The molecule has 0 aromatic carbocycles. The number of nitrogens with two attached hydrogens (primary N) is 1. The van der Waals surface area contributed by atoms with E-state index in [0.29, 0.717) is 24.5 Å². The normalized spacial score (nSPS) is 34.9. The van der Waals surface area contributed by atoms with Gasteiger partial charge in [-0.15, -0.1) is 0 Å². The minimum absolute atomic E-state index is 0.0396. The maximum Gasteiger partial charge on any atom is 0.397 e. The number of aliphatic hydroxyl groups is 4. The van der Waals surface area contributed by atoms with Crippen LogP contribution >= 0.6 is 11.8 Å². The molecule has 42 heavy (non-hydrogen) atoms. The van der Waals surface area contributed by atoms with Crippen molar-refractivity contribution in [3.05, 3.63) is 0 Å². The first kappa shape index (κ1) is 37.8. The molecule has 0 aromatic heterocycles. The molecule has 2 aliphatic rings. The molecule has 2 fully saturated rings. The summed E-state index contributed by atoms with van der Waals surface area (Å²) in [4.78, 5) is 0. The molecule has 0 spiro atoms. The Bertz CT molecular complexity index is 1150. The zero-order valence-electron chi connectivity index (χ0n) is 21.4. The van der Waals surface area contributed by atoms with E-state index in [2.05, 4.69) is 12.5 Å². The molecular weight excluding hydrogens is 666 g/mol. The molecule has 0 bridgehead atoms. The van der Waals surface area contributed by atoms with Crippen LogP contribution in [0.3, 0.4) is 0 Å². The van der Waals surface area contributed by atoms with Gasteiger partial charge < -0.3 is 45.1 Å². The van der Waals surface area contributed by atoms with Crippen LogP contribution in [-0.4, -0.2) is 159 Å². The minimum atomic E-state index is -5.38. The number of aliphatic hydroxyl groups excluding tert-OH is 4. The molecule has 2 aliphatic heterocycles. The summed E-state index contributed by atoms with van der Waals surface area (Å²) >= 11 is 1.50. The van der Waals surface area contributed by atoms with Crippen molar-refractivity contribution in [3.8, 4) is 0 Å². The lowest BCUT2D eigenvalue weighted by Crippen LogP contribution is -2.65. The molecule has 0 aromatic rings. The summed E-state index contributed by atoms with van der Waals surface area (Å²) in [6.07, 6.45) is -19.9. The molecule has 25 heteroatoms. The highest BCUT2D eigenvalue weighted by molar-refractivity contribution is 7.99. The van der Waals surface area contributed by atoms with E-state index >= 15 is 0 Å². The molecule has 9 N–H and O–H groups in total. The molecule has 0 amide bonds. The Kier molecular flexibility index (Phi) is 14.6. The fraction of sp³-hybridized carbons (Fsp3) is 1.00. The third-order valence-corrected chi connectivity index (χ3v) is 7.98. The third kappa shape index (κ3) is 12.5. The summed E-state index contributed by atoms with van der Waals surface area (Å²) < 4.78 is 127. The smallest absolute Gasteiger partial charge is 0.387 e. The lowest BCUT2D eigenvalue weighted by atomic mass is 9.97. The topological polar surface area (TPSA) is 335 Å². The summed E-state index contributed by atoms with van der Waals surface area (Å²) in [6, 6.07) is 0. The second-order valence-electron chi connectivity index (χ2n) is 8.69. The molecule has 0 unspecified atom stereocenters. The van der Waals surface area contributed by atoms with Crippen molar-refractivity contribution < 1.29 is 90.8 Å². The molecule has 2 rings (SSSR count). The van der Waals surface area contributed by atoms with Gasteiger partial charge in [0, 0.05) is 12.3 Å². The lowest BCUT2D eigenvalue weighted by Gasteiger charge is -2.46. The number of rotatable bonds is 17. The van der Waals surface area contributed by atoms with E-state index in [4.69, 9.17) is 38.3 Å². The molecule has 250 valence electrons. The number of hydrogen-bond donors (Lipinski definition) is 8. The second kappa shape index (κ2) is 16.2. The van der Waals surface area contributed by atoms with Crippen LogP contribution in [0.1, 0.15) is 6.42 Å². The molecule has 21 nitrogen and oxygen atoms in total. The van der Waals surface area contributed by atoms with Crippen molar-refractivity contribution in [2.24, 2.45) is 5.73 Å². The van der Waals surface area contributed by atoms with Crippen LogP contribution < -0.4 is 5.73 Å². The van der Waals surface area contributed by atoms with E-state index in [9.17, 15) is 45.7 Å². The monoisotopic (exact) mass is 699 g/mol. The van der Waals surface area contributed by atoms with Crippen molar-refractivity contribution in [3.63, 3.8) is 0 Å².